The Morgan fingerprint density at radius 3 is 2.60 bits per heavy atom. The summed E-state index contributed by atoms with van der Waals surface area (Å²) in [5.74, 6) is 0.361. The van der Waals surface area contributed by atoms with Crippen molar-refractivity contribution >= 4 is 17.3 Å². The minimum absolute atomic E-state index is 0.0496. The number of ether oxygens (including phenoxy) is 2. The molecule has 232 valence electrons. The molecule has 1 aromatic carbocycles. The summed E-state index contributed by atoms with van der Waals surface area (Å²) in [5.41, 5.74) is 8.04. The quantitative estimate of drug-likeness (QED) is 0.245. The number of aromatic nitrogens is 4. The molecular formula is C33H35N7O5. The van der Waals surface area contributed by atoms with Gasteiger partial charge in [0.2, 0.25) is 5.88 Å². The lowest BCUT2D eigenvalue weighted by atomic mass is 9.53. The first-order chi connectivity index (χ1) is 21.5. The maximum absolute atomic E-state index is 13.3. The first-order valence-electron chi connectivity index (χ1n) is 15.2. The summed E-state index contributed by atoms with van der Waals surface area (Å²) in [4.78, 5) is 25.5. The lowest BCUT2D eigenvalue weighted by molar-refractivity contribution is -0.0848. The van der Waals surface area contributed by atoms with Crippen LogP contribution in [0.25, 0.3) is 11.2 Å². The number of hydrogen-bond acceptors (Lipinski definition) is 8. The van der Waals surface area contributed by atoms with E-state index in [1.165, 1.54) is 10.9 Å². The van der Waals surface area contributed by atoms with Gasteiger partial charge in [0.1, 0.15) is 30.1 Å². The molecule has 0 atom stereocenters. The first kappa shape index (κ1) is 28.9. The van der Waals surface area contributed by atoms with Crippen molar-refractivity contribution in [2.45, 2.75) is 76.0 Å². The molecule has 3 heterocycles. The third kappa shape index (κ3) is 5.48. The zero-order chi connectivity index (χ0) is 31.5. The summed E-state index contributed by atoms with van der Waals surface area (Å²) in [6.07, 6.45) is 8.31. The smallest absolute Gasteiger partial charge is 0.255 e. The molecule has 0 radical (unpaired) electrons. The van der Waals surface area contributed by atoms with E-state index < -0.39 is 11.5 Å². The number of nitrogens with one attached hydrogen (secondary N) is 1. The summed E-state index contributed by atoms with van der Waals surface area (Å²) in [7, 11) is 0. The number of carbonyl (C=O) groups is 2. The third-order valence-corrected chi connectivity index (χ3v) is 8.98. The van der Waals surface area contributed by atoms with Crippen molar-refractivity contribution in [3.05, 3.63) is 71.2 Å². The molecule has 0 aliphatic heterocycles. The predicted octanol–water partition coefficient (Wildman–Crippen LogP) is 3.64. The van der Waals surface area contributed by atoms with E-state index in [1.807, 2.05) is 16.6 Å². The molecule has 3 aliphatic carbocycles. The van der Waals surface area contributed by atoms with Crippen molar-refractivity contribution in [3.63, 3.8) is 0 Å². The van der Waals surface area contributed by atoms with Gasteiger partial charge in [0.05, 0.1) is 39.8 Å². The van der Waals surface area contributed by atoms with Crippen LogP contribution in [-0.4, -0.2) is 60.7 Å². The average molecular weight is 610 g/mol. The third-order valence-electron chi connectivity index (χ3n) is 8.98. The van der Waals surface area contributed by atoms with Crippen molar-refractivity contribution in [1.29, 1.82) is 5.26 Å². The van der Waals surface area contributed by atoms with Crippen LogP contribution >= 0.6 is 0 Å². The van der Waals surface area contributed by atoms with E-state index in [-0.39, 0.29) is 41.5 Å². The van der Waals surface area contributed by atoms with E-state index in [9.17, 15) is 20.0 Å². The molecule has 0 saturated heterocycles. The van der Waals surface area contributed by atoms with Gasteiger partial charge in [-0.3, -0.25) is 9.59 Å². The van der Waals surface area contributed by atoms with Gasteiger partial charge >= 0.3 is 0 Å². The predicted molar refractivity (Wildman–Crippen MR) is 162 cm³/mol. The van der Waals surface area contributed by atoms with Crippen LogP contribution in [0.5, 0.6) is 11.6 Å². The molecule has 12 nitrogen and oxygen atoms in total. The first-order valence-corrected chi connectivity index (χ1v) is 15.2. The summed E-state index contributed by atoms with van der Waals surface area (Å²) in [5, 5.41) is 31.7. The summed E-state index contributed by atoms with van der Waals surface area (Å²) < 4.78 is 15.3. The second kappa shape index (κ2) is 10.6. The van der Waals surface area contributed by atoms with Gasteiger partial charge in [-0.1, -0.05) is 12.1 Å². The highest BCUT2D eigenvalue weighted by Gasteiger charge is 2.54. The van der Waals surface area contributed by atoms with E-state index >= 15 is 0 Å². The monoisotopic (exact) mass is 609 g/mol. The zero-order valence-corrected chi connectivity index (χ0v) is 25.2. The average Bonchev–Trinajstić information content (AvgIpc) is 3.56. The normalized spacial score (nSPS) is 22.4. The highest BCUT2D eigenvalue weighted by molar-refractivity contribution is 6.01. The number of nitrogens with two attached hydrogens (primary N) is 1. The van der Waals surface area contributed by atoms with Gasteiger partial charge in [0.25, 0.3) is 11.8 Å². The fraction of sp³-hybridized carbons (Fsp3) is 0.424. The van der Waals surface area contributed by atoms with Gasteiger partial charge in [-0.15, -0.1) is 5.10 Å². The fourth-order valence-electron chi connectivity index (χ4n) is 6.67. The molecule has 2 amide bonds. The van der Waals surface area contributed by atoms with Crippen LogP contribution in [0.1, 0.15) is 90.3 Å². The molecule has 45 heavy (non-hydrogen) atoms. The molecule has 7 rings (SSSR count). The molecule has 4 N–H and O–H groups in total. The fourth-order valence-corrected chi connectivity index (χ4v) is 6.67. The number of hydrogen-bond donors (Lipinski definition) is 3. The Balaban J connectivity index is 0.972. The minimum Gasteiger partial charge on any atom is -0.489 e. The van der Waals surface area contributed by atoms with E-state index in [1.54, 1.807) is 44.3 Å². The molecule has 0 unspecified atom stereocenters. The van der Waals surface area contributed by atoms with Crippen LogP contribution in [0.15, 0.2) is 48.8 Å². The lowest BCUT2D eigenvalue weighted by Crippen LogP contribution is -2.58. The topological polar surface area (TPSA) is 170 Å². The van der Waals surface area contributed by atoms with Gasteiger partial charge in [0, 0.05) is 18.2 Å². The zero-order valence-electron chi connectivity index (χ0n) is 25.2. The molecule has 1 spiro atoms. The molecule has 12 heteroatoms. The number of primary amides is 1. The molecule has 4 aromatic rings. The van der Waals surface area contributed by atoms with Crippen LogP contribution in [0, 0.1) is 16.7 Å². The maximum Gasteiger partial charge on any atom is 0.255 e. The van der Waals surface area contributed by atoms with Gasteiger partial charge < -0.3 is 25.6 Å². The van der Waals surface area contributed by atoms with Crippen molar-refractivity contribution in [3.8, 4) is 23.4 Å². The summed E-state index contributed by atoms with van der Waals surface area (Å²) in [6, 6.07) is 12.9. The van der Waals surface area contributed by atoms with Crippen molar-refractivity contribution in [2.75, 3.05) is 6.61 Å². The number of carbonyl (C=O) groups excluding carboxylic acids is 2. The van der Waals surface area contributed by atoms with E-state index in [4.69, 9.17) is 15.2 Å². The van der Waals surface area contributed by atoms with Gasteiger partial charge in [-0.2, -0.15) is 10.4 Å². The van der Waals surface area contributed by atoms with Crippen LogP contribution in [0.3, 0.4) is 0 Å². The summed E-state index contributed by atoms with van der Waals surface area (Å²) >= 11 is 0. The van der Waals surface area contributed by atoms with Crippen LogP contribution in [0.2, 0.25) is 0 Å². The highest BCUT2D eigenvalue weighted by atomic mass is 16.5. The largest absolute Gasteiger partial charge is 0.489 e. The number of amides is 2. The molecule has 3 aromatic heterocycles. The Bertz CT molecular complexity index is 1840. The van der Waals surface area contributed by atoms with E-state index in [0.29, 0.717) is 28.5 Å². The van der Waals surface area contributed by atoms with Gasteiger partial charge in [0.15, 0.2) is 0 Å². The highest BCUT2D eigenvalue weighted by Crippen LogP contribution is 2.57. The van der Waals surface area contributed by atoms with Crippen molar-refractivity contribution in [2.24, 2.45) is 11.1 Å². The molecule has 3 aliphatic rings. The summed E-state index contributed by atoms with van der Waals surface area (Å²) in [6.45, 7) is 3.57. The van der Waals surface area contributed by atoms with Gasteiger partial charge in [-0.25, -0.2) is 9.20 Å². The number of nitrogens with zero attached hydrogens (tertiary/aromatic N) is 5. The maximum atomic E-state index is 13.3. The number of rotatable bonds is 10. The number of pyridine rings is 1. The van der Waals surface area contributed by atoms with Crippen molar-refractivity contribution in [1.82, 2.24) is 24.7 Å². The Hall–Kier alpha value is -4.89. The number of para-hydroxylation sites is 1. The van der Waals surface area contributed by atoms with Crippen LogP contribution in [0.4, 0.5) is 0 Å². The minimum atomic E-state index is -0.960. The second-order valence-electron chi connectivity index (χ2n) is 13.3. The van der Waals surface area contributed by atoms with Crippen molar-refractivity contribution < 1.29 is 24.2 Å². The number of nitriles is 1. The Morgan fingerprint density at radius 1 is 1.16 bits per heavy atom. The number of fused-ring (bicyclic) bond motifs is 1. The van der Waals surface area contributed by atoms with E-state index in [0.717, 1.165) is 49.7 Å². The Labute approximate surface area is 259 Å². The SMILES string of the molecule is CC(C)(O)COc1ccc2c(C(=O)NC3CC4(C3)CC(Oc3nn(-c5ccccc5C#N)cc3C(N)=O)C4)cnn2c1C1CC1. The number of benzene rings is 1. The number of aliphatic hydroxyl groups is 1. The second-order valence-corrected chi connectivity index (χ2v) is 13.3. The molecule has 0 bridgehead atoms. The standard InChI is InChI=1S/C33H35N7O5/c1-32(2,43)18-44-27-10-9-26-23(16-36-40(26)28(27)19-7-8-19)30(42)37-21-11-33(12-21)13-22(14-33)45-31-24(29(35)41)17-39(38-31)25-6-4-3-5-20(25)15-34/h3-6,9-10,16-17,19,21-22,43H,7-8,11-14,18H2,1-2H3,(H2,35,41)(H,37,42). The Morgan fingerprint density at radius 2 is 1.91 bits per heavy atom. The lowest BCUT2D eigenvalue weighted by Gasteiger charge is -2.57. The van der Waals surface area contributed by atoms with E-state index in [2.05, 4.69) is 21.6 Å². The van der Waals surface area contributed by atoms with Gasteiger partial charge in [-0.05, 0) is 82.1 Å². The Kier molecular flexibility index (Phi) is 6.81. The molecule has 3 saturated carbocycles. The van der Waals surface area contributed by atoms with Crippen LogP contribution in [-0.2, 0) is 0 Å². The molecule has 3 fully saturated rings. The van der Waals surface area contributed by atoms with Crippen LogP contribution < -0.4 is 20.5 Å². The molecular weight excluding hydrogens is 574 g/mol.